The van der Waals surface area contributed by atoms with Gasteiger partial charge in [-0.1, -0.05) is 12.1 Å². The highest BCUT2D eigenvalue weighted by Crippen LogP contribution is 2.14. The fraction of sp³-hybridized carbons (Fsp3) is 0.0909. The third-order valence-corrected chi connectivity index (χ3v) is 2.19. The second-order valence-corrected chi connectivity index (χ2v) is 3.13. The largest absolute Gasteiger partial charge is 0.329 e. The lowest BCUT2D eigenvalue weighted by molar-refractivity contribution is 0.101. The van der Waals surface area contributed by atoms with E-state index in [1.807, 2.05) is 0 Å². The summed E-state index contributed by atoms with van der Waals surface area (Å²) in [6.45, 7) is 1.50. The Kier molecular flexibility index (Phi) is 1.93. The molecule has 0 aliphatic carbocycles. The van der Waals surface area contributed by atoms with Crippen LogP contribution in [0.1, 0.15) is 17.3 Å². The standard InChI is InChI=1S/C11H9NO2/c1-7(13)8-3-2-4-10-9(8)5-6-12-11(10)14/h2-6H,1H3,(H,12,14). The van der Waals surface area contributed by atoms with E-state index in [1.54, 1.807) is 30.5 Å². The summed E-state index contributed by atoms with van der Waals surface area (Å²) in [4.78, 5) is 25.2. The minimum Gasteiger partial charge on any atom is -0.329 e. The third-order valence-electron chi connectivity index (χ3n) is 2.19. The van der Waals surface area contributed by atoms with Crippen LogP contribution in [-0.4, -0.2) is 10.8 Å². The Morgan fingerprint density at radius 2 is 2.00 bits per heavy atom. The molecular formula is C11H9NO2. The Morgan fingerprint density at radius 1 is 1.21 bits per heavy atom. The van der Waals surface area contributed by atoms with Gasteiger partial charge in [0.1, 0.15) is 0 Å². The van der Waals surface area contributed by atoms with Gasteiger partial charge < -0.3 is 4.98 Å². The molecule has 70 valence electrons. The number of nitrogens with one attached hydrogen (secondary N) is 1. The van der Waals surface area contributed by atoms with Crippen LogP contribution in [0, 0.1) is 0 Å². The van der Waals surface area contributed by atoms with Crippen molar-refractivity contribution >= 4 is 16.6 Å². The number of fused-ring (bicyclic) bond motifs is 1. The van der Waals surface area contributed by atoms with Crippen molar-refractivity contribution in [3.05, 3.63) is 46.4 Å². The zero-order chi connectivity index (χ0) is 10.1. The summed E-state index contributed by atoms with van der Waals surface area (Å²) in [5, 5.41) is 1.27. The minimum absolute atomic E-state index is 0.0267. The SMILES string of the molecule is CC(=O)c1cccc2c(=O)[nH]ccc12. The van der Waals surface area contributed by atoms with Gasteiger partial charge in [0.2, 0.25) is 0 Å². The first kappa shape index (κ1) is 8.69. The normalized spacial score (nSPS) is 10.4. The Balaban J connectivity index is 2.95. The number of hydrogen-bond acceptors (Lipinski definition) is 2. The molecule has 0 saturated heterocycles. The third kappa shape index (κ3) is 1.23. The van der Waals surface area contributed by atoms with Crippen molar-refractivity contribution in [2.45, 2.75) is 6.92 Å². The van der Waals surface area contributed by atoms with Crippen molar-refractivity contribution in [2.24, 2.45) is 0 Å². The molecule has 1 aromatic heterocycles. The molecule has 14 heavy (non-hydrogen) atoms. The zero-order valence-corrected chi connectivity index (χ0v) is 7.70. The predicted octanol–water partition coefficient (Wildman–Crippen LogP) is 1.73. The van der Waals surface area contributed by atoms with E-state index in [0.29, 0.717) is 16.3 Å². The van der Waals surface area contributed by atoms with Crippen LogP contribution in [0.15, 0.2) is 35.3 Å². The number of H-pyrrole nitrogens is 1. The van der Waals surface area contributed by atoms with Gasteiger partial charge in [-0.15, -0.1) is 0 Å². The molecule has 0 fully saturated rings. The topological polar surface area (TPSA) is 49.9 Å². The van der Waals surface area contributed by atoms with Gasteiger partial charge >= 0.3 is 0 Å². The average molecular weight is 187 g/mol. The van der Waals surface area contributed by atoms with Gasteiger partial charge in [-0.3, -0.25) is 9.59 Å². The van der Waals surface area contributed by atoms with E-state index in [9.17, 15) is 9.59 Å². The van der Waals surface area contributed by atoms with Gasteiger partial charge in [-0.05, 0) is 24.4 Å². The van der Waals surface area contributed by atoms with Gasteiger partial charge in [0.25, 0.3) is 5.56 Å². The number of pyridine rings is 1. The van der Waals surface area contributed by atoms with Crippen LogP contribution in [0.3, 0.4) is 0 Å². The van der Waals surface area contributed by atoms with Crippen LogP contribution in [0.2, 0.25) is 0 Å². The van der Waals surface area contributed by atoms with Crippen molar-refractivity contribution in [1.82, 2.24) is 4.98 Å². The van der Waals surface area contributed by atoms with Crippen molar-refractivity contribution in [1.29, 1.82) is 0 Å². The maximum atomic E-state index is 11.4. The number of aromatic amines is 1. The van der Waals surface area contributed by atoms with E-state index < -0.39 is 0 Å². The highest BCUT2D eigenvalue weighted by molar-refractivity contribution is 6.06. The zero-order valence-electron chi connectivity index (χ0n) is 7.70. The Hall–Kier alpha value is -1.90. The molecule has 3 nitrogen and oxygen atoms in total. The van der Waals surface area contributed by atoms with E-state index in [-0.39, 0.29) is 11.3 Å². The molecular weight excluding hydrogens is 178 g/mol. The summed E-state index contributed by atoms with van der Waals surface area (Å²) < 4.78 is 0. The summed E-state index contributed by atoms with van der Waals surface area (Å²) in [5.41, 5.74) is 0.430. The molecule has 2 aromatic rings. The van der Waals surface area contributed by atoms with Crippen LogP contribution in [0.4, 0.5) is 0 Å². The highest BCUT2D eigenvalue weighted by Gasteiger charge is 2.05. The van der Waals surface area contributed by atoms with Crippen molar-refractivity contribution < 1.29 is 4.79 Å². The molecule has 2 rings (SSSR count). The van der Waals surface area contributed by atoms with E-state index >= 15 is 0 Å². The Labute approximate surface area is 80.4 Å². The first-order chi connectivity index (χ1) is 6.70. The molecule has 0 atom stereocenters. The van der Waals surface area contributed by atoms with Crippen molar-refractivity contribution in [3.63, 3.8) is 0 Å². The molecule has 0 amide bonds. The van der Waals surface area contributed by atoms with Gasteiger partial charge in [-0.2, -0.15) is 0 Å². The van der Waals surface area contributed by atoms with E-state index in [1.165, 1.54) is 6.92 Å². The lowest BCUT2D eigenvalue weighted by Gasteiger charge is -2.00. The number of rotatable bonds is 1. The summed E-state index contributed by atoms with van der Waals surface area (Å²) >= 11 is 0. The van der Waals surface area contributed by atoms with E-state index in [0.717, 1.165) is 0 Å². The quantitative estimate of drug-likeness (QED) is 0.691. The number of aromatic nitrogens is 1. The fourth-order valence-electron chi connectivity index (χ4n) is 1.53. The molecule has 1 heterocycles. The average Bonchev–Trinajstić information content (AvgIpc) is 2.17. The molecule has 0 unspecified atom stereocenters. The second-order valence-electron chi connectivity index (χ2n) is 3.13. The first-order valence-corrected chi connectivity index (χ1v) is 4.31. The minimum atomic E-state index is -0.161. The number of hydrogen-bond donors (Lipinski definition) is 1. The monoisotopic (exact) mass is 187 g/mol. The number of benzene rings is 1. The summed E-state index contributed by atoms with van der Waals surface area (Å²) in [6.07, 6.45) is 1.55. The molecule has 1 aromatic carbocycles. The van der Waals surface area contributed by atoms with Crippen LogP contribution in [-0.2, 0) is 0 Å². The molecule has 3 heteroatoms. The van der Waals surface area contributed by atoms with Gasteiger partial charge in [0.15, 0.2) is 5.78 Å². The Bertz CT molecular complexity index is 554. The van der Waals surface area contributed by atoms with Gasteiger partial charge in [-0.25, -0.2) is 0 Å². The summed E-state index contributed by atoms with van der Waals surface area (Å²) in [5.74, 6) is -0.0267. The highest BCUT2D eigenvalue weighted by atomic mass is 16.1. The van der Waals surface area contributed by atoms with E-state index in [2.05, 4.69) is 4.98 Å². The Morgan fingerprint density at radius 3 is 2.71 bits per heavy atom. The van der Waals surface area contributed by atoms with Crippen molar-refractivity contribution in [2.75, 3.05) is 0 Å². The maximum absolute atomic E-state index is 11.4. The molecule has 0 aliphatic heterocycles. The van der Waals surface area contributed by atoms with Crippen LogP contribution >= 0.6 is 0 Å². The second kappa shape index (κ2) is 3.10. The van der Waals surface area contributed by atoms with Crippen molar-refractivity contribution in [3.8, 4) is 0 Å². The number of ketones is 1. The lowest BCUT2D eigenvalue weighted by Crippen LogP contribution is -2.06. The van der Waals surface area contributed by atoms with E-state index in [4.69, 9.17) is 0 Å². The lowest BCUT2D eigenvalue weighted by atomic mass is 10.0. The summed E-state index contributed by atoms with van der Waals surface area (Å²) in [6, 6.07) is 6.90. The fourth-order valence-corrected chi connectivity index (χ4v) is 1.53. The molecule has 0 saturated carbocycles. The maximum Gasteiger partial charge on any atom is 0.255 e. The summed E-state index contributed by atoms with van der Waals surface area (Å²) in [7, 11) is 0. The van der Waals surface area contributed by atoms with Crippen LogP contribution in [0.5, 0.6) is 0 Å². The number of Topliss-reactive ketones (excluding diaryl/α,β-unsaturated/α-hetero) is 1. The first-order valence-electron chi connectivity index (χ1n) is 4.31. The molecule has 1 N–H and O–H groups in total. The molecule has 0 radical (unpaired) electrons. The van der Waals surface area contributed by atoms with Gasteiger partial charge in [0.05, 0.1) is 0 Å². The predicted molar refractivity (Wildman–Crippen MR) is 54.6 cm³/mol. The smallest absolute Gasteiger partial charge is 0.255 e. The number of carbonyl (C=O) groups is 1. The molecule has 0 bridgehead atoms. The molecule has 0 spiro atoms. The van der Waals surface area contributed by atoms with Gasteiger partial charge in [0, 0.05) is 17.1 Å². The van der Waals surface area contributed by atoms with Crippen LogP contribution in [0.25, 0.3) is 10.8 Å². The van der Waals surface area contributed by atoms with Crippen LogP contribution < -0.4 is 5.56 Å². The number of carbonyl (C=O) groups excluding carboxylic acids is 1. The molecule has 0 aliphatic rings.